The Bertz CT molecular complexity index is 1510. The average molecular weight is 633 g/mol. The Morgan fingerprint density at radius 1 is 1.05 bits per heavy atom. The van der Waals surface area contributed by atoms with Gasteiger partial charge in [0.25, 0.3) is 17.7 Å². The van der Waals surface area contributed by atoms with E-state index >= 15 is 0 Å². The molecule has 4 rings (SSSR count). The minimum atomic E-state index is -0.889. The largest absolute Gasteiger partial charge is 0.490 e. The molecule has 0 aliphatic carbocycles. The van der Waals surface area contributed by atoms with E-state index in [4.69, 9.17) is 32.7 Å². The number of hydrogen-bond acceptors (Lipinski definition) is 6. The Morgan fingerprint density at radius 2 is 1.82 bits per heavy atom. The SMILES string of the molecule is CCOc1cc(/C=C2\C(=O)NC(=O)N(c3cccc(Cl)c3)C2=O)cc(Br)c1OCC(=O)Nc1ccccc1Cl. The number of carbonyl (C=O) groups is 4. The molecular formula is C27H20BrCl2N3O6. The van der Waals surface area contributed by atoms with Gasteiger partial charge in [0.15, 0.2) is 18.1 Å². The Kier molecular flexibility index (Phi) is 8.90. The van der Waals surface area contributed by atoms with E-state index < -0.39 is 23.8 Å². The summed E-state index contributed by atoms with van der Waals surface area (Å²) in [5.74, 6) is -1.62. The van der Waals surface area contributed by atoms with Crippen molar-refractivity contribution in [1.82, 2.24) is 5.32 Å². The third-order valence-corrected chi connectivity index (χ3v) is 6.46. The van der Waals surface area contributed by atoms with Crippen LogP contribution in [0.25, 0.3) is 6.08 Å². The molecule has 0 bridgehead atoms. The second kappa shape index (κ2) is 12.3. The molecule has 5 amide bonds. The lowest BCUT2D eigenvalue weighted by Crippen LogP contribution is -2.54. The number of ether oxygens (including phenoxy) is 2. The molecule has 0 saturated carbocycles. The molecule has 1 heterocycles. The predicted molar refractivity (Wildman–Crippen MR) is 151 cm³/mol. The van der Waals surface area contributed by atoms with Crippen LogP contribution in [0, 0.1) is 0 Å². The van der Waals surface area contributed by atoms with Crippen molar-refractivity contribution < 1.29 is 28.7 Å². The van der Waals surface area contributed by atoms with E-state index in [1.165, 1.54) is 18.2 Å². The van der Waals surface area contributed by atoms with Crippen molar-refractivity contribution in [3.63, 3.8) is 0 Å². The zero-order chi connectivity index (χ0) is 28.1. The van der Waals surface area contributed by atoms with Gasteiger partial charge in [0.05, 0.1) is 27.5 Å². The van der Waals surface area contributed by atoms with Crippen LogP contribution in [0.1, 0.15) is 12.5 Å². The van der Waals surface area contributed by atoms with Crippen LogP contribution in [-0.4, -0.2) is 37.0 Å². The van der Waals surface area contributed by atoms with E-state index in [2.05, 4.69) is 26.6 Å². The van der Waals surface area contributed by atoms with Gasteiger partial charge in [-0.05, 0) is 77.0 Å². The van der Waals surface area contributed by atoms with E-state index in [-0.39, 0.29) is 36.0 Å². The number of nitrogens with one attached hydrogen (secondary N) is 2. The molecule has 1 aliphatic rings. The maximum atomic E-state index is 13.2. The van der Waals surface area contributed by atoms with Crippen molar-refractivity contribution in [3.05, 3.63) is 86.3 Å². The smallest absolute Gasteiger partial charge is 0.335 e. The number of rotatable bonds is 8. The molecule has 0 unspecified atom stereocenters. The number of amides is 5. The first-order chi connectivity index (χ1) is 18.7. The number of imide groups is 2. The number of anilines is 2. The summed E-state index contributed by atoms with van der Waals surface area (Å²) in [6, 6.07) is 15.2. The van der Waals surface area contributed by atoms with Crippen molar-refractivity contribution in [2.45, 2.75) is 6.92 Å². The number of para-hydroxylation sites is 1. The lowest BCUT2D eigenvalue weighted by Gasteiger charge is -2.26. The number of benzene rings is 3. The molecular weight excluding hydrogens is 613 g/mol. The molecule has 9 nitrogen and oxygen atoms in total. The van der Waals surface area contributed by atoms with Gasteiger partial charge in [-0.2, -0.15) is 0 Å². The van der Waals surface area contributed by atoms with Gasteiger partial charge in [-0.15, -0.1) is 0 Å². The second-order valence-electron chi connectivity index (χ2n) is 8.02. The molecule has 12 heteroatoms. The number of halogens is 3. The van der Waals surface area contributed by atoms with Gasteiger partial charge >= 0.3 is 6.03 Å². The highest BCUT2D eigenvalue weighted by atomic mass is 79.9. The first kappa shape index (κ1) is 28.2. The maximum absolute atomic E-state index is 13.2. The number of nitrogens with zero attached hydrogens (tertiary/aromatic N) is 1. The molecule has 2 N–H and O–H groups in total. The lowest BCUT2D eigenvalue weighted by molar-refractivity contribution is -0.122. The Balaban J connectivity index is 1.59. The third-order valence-electron chi connectivity index (χ3n) is 5.31. The predicted octanol–water partition coefficient (Wildman–Crippen LogP) is 5.84. The monoisotopic (exact) mass is 631 g/mol. The van der Waals surface area contributed by atoms with E-state index in [9.17, 15) is 19.2 Å². The van der Waals surface area contributed by atoms with Crippen molar-refractivity contribution >= 4 is 80.3 Å². The van der Waals surface area contributed by atoms with Crippen LogP contribution < -0.4 is 25.0 Å². The summed E-state index contributed by atoms with van der Waals surface area (Å²) in [4.78, 5) is 51.5. The molecule has 3 aromatic rings. The molecule has 1 saturated heterocycles. The third kappa shape index (κ3) is 6.59. The first-order valence-corrected chi connectivity index (χ1v) is 13.0. The number of barbiturate groups is 1. The van der Waals surface area contributed by atoms with E-state index in [0.717, 1.165) is 4.90 Å². The second-order valence-corrected chi connectivity index (χ2v) is 9.72. The molecule has 3 aromatic carbocycles. The lowest BCUT2D eigenvalue weighted by atomic mass is 10.1. The van der Waals surface area contributed by atoms with Gasteiger partial charge in [-0.3, -0.25) is 19.7 Å². The van der Waals surface area contributed by atoms with E-state index in [1.54, 1.807) is 55.5 Å². The molecule has 39 heavy (non-hydrogen) atoms. The molecule has 0 spiro atoms. The molecule has 0 radical (unpaired) electrons. The number of hydrogen-bond donors (Lipinski definition) is 2. The minimum absolute atomic E-state index is 0.207. The van der Waals surface area contributed by atoms with Gasteiger partial charge in [0.2, 0.25) is 0 Å². The summed E-state index contributed by atoms with van der Waals surface area (Å²) >= 11 is 15.5. The summed E-state index contributed by atoms with van der Waals surface area (Å²) in [6.45, 7) is 1.69. The van der Waals surface area contributed by atoms with Crippen molar-refractivity contribution in [1.29, 1.82) is 0 Å². The molecule has 0 aromatic heterocycles. The van der Waals surface area contributed by atoms with Crippen LogP contribution in [0.15, 0.2) is 70.7 Å². The molecule has 200 valence electrons. The fourth-order valence-electron chi connectivity index (χ4n) is 3.63. The first-order valence-electron chi connectivity index (χ1n) is 11.5. The topological polar surface area (TPSA) is 114 Å². The van der Waals surface area contributed by atoms with Gasteiger partial charge in [-0.1, -0.05) is 41.4 Å². The van der Waals surface area contributed by atoms with Crippen molar-refractivity contribution in [3.8, 4) is 11.5 Å². The fraction of sp³-hybridized carbons (Fsp3) is 0.111. The van der Waals surface area contributed by atoms with Crippen LogP contribution in [0.4, 0.5) is 16.2 Å². The summed E-state index contributed by atoms with van der Waals surface area (Å²) in [6.07, 6.45) is 1.32. The standard InChI is InChI=1S/C27H20BrCl2N3O6/c1-2-38-22-12-15(11-19(28)24(22)39-14-23(34)31-21-9-4-3-8-20(21)30)10-18-25(35)32-27(37)33(26(18)36)17-7-5-6-16(29)13-17/h3-13H,2,14H2,1H3,(H,31,34)(H,32,35,37)/b18-10+. The molecule has 1 aliphatic heterocycles. The van der Waals surface area contributed by atoms with Crippen LogP contribution in [0.2, 0.25) is 10.0 Å². The highest BCUT2D eigenvalue weighted by molar-refractivity contribution is 9.10. The quantitative estimate of drug-likeness (QED) is 0.238. The zero-order valence-electron chi connectivity index (χ0n) is 20.3. The highest BCUT2D eigenvalue weighted by Gasteiger charge is 2.37. The Morgan fingerprint density at radius 3 is 2.54 bits per heavy atom. The highest BCUT2D eigenvalue weighted by Crippen LogP contribution is 2.38. The van der Waals surface area contributed by atoms with Crippen LogP contribution >= 0.6 is 39.1 Å². The average Bonchev–Trinajstić information content (AvgIpc) is 2.87. The van der Waals surface area contributed by atoms with Crippen molar-refractivity contribution in [2.75, 3.05) is 23.4 Å². The Hall–Kier alpha value is -3.86. The van der Waals surface area contributed by atoms with Gasteiger partial charge in [-0.25, -0.2) is 9.69 Å². The van der Waals surface area contributed by atoms with Crippen LogP contribution in [0.5, 0.6) is 11.5 Å². The zero-order valence-corrected chi connectivity index (χ0v) is 23.4. The van der Waals surface area contributed by atoms with Crippen molar-refractivity contribution in [2.24, 2.45) is 0 Å². The number of carbonyl (C=O) groups excluding carboxylic acids is 4. The van der Waals surface area contributed by atoms with Gasteiger partial charge < -0.3 is 14.8 Å². The fourth-order valence-corrected chi connectivity index (χ4v) is 4.58. The van der Waals surface area contributed by atoms with Gasteiger partial charge in [0.1, 0.15) is 5.57 Å². The van der Waals surface area contributed by atoms with E-state index in [1.807, 2.05) is 0 Å². The van der Waals surface area contributed by atoms with Crippen LogP contribution in [0.3, 0.4) is 0 Å². The molecule has 1 fully saturated rings. The maximum Gasteiger partial charge on any atom is 0.335 e. The summed E-state index contributed by atoms with van der Waals surface area (Å²) in [5.41, 5.74) is 0.770. The number of urea groups is 1. The normalized spacial score (nSPS) is 14.3. The summed E-state index contributed by atoms with van der Waals surface area (Å²) in [5, 5.41) is 5.53. The minimum Gasteiger partial charge on any atom is -0.490 e. The summed E-state index contributed by atoms with van der Waals surface area (Å²) in [7, 11) is 0. The van der Waals surface area contributed by atoms with Crippen LogP contribution in [-0.2, 0) is 14.4 Å². The Labute approximate surface area is 241 Å². The molecule has 0 atom stereocenters. The van der Waals surface area contributed by atoms with Gasteiger partial charge in [0, 0.05) is 5.02 Å². The summed E-state index contributed by atoms with van der Waals surface area (Å²) < 4.78 is 11.8. The van der Waals surface area contributed by atoms with E-state index in [0.29, 0.717) is 25.8 Å².